The number of carbonyl (C=O) groups excluding carboxylic acids is 2. The Balaban J connectivity index is 1.26. The molecular weight excluding hydrogens is 500 g/mol. The number of aryl methyl sites for hydroxylation is 1. The Labute approximate surface area is 237 Å². The van der Waals surface area contributed by atoms with Crippen molar-refractivity contribution in [1.29, 1.82) is 0 Å². The van der Waals surface area contributed by atoms with E-state index in [2.05, 4.69) is 41.0 Å². The van der Waals surface area contributed by atoms with Crippen LogP contribution in [0.2, 0.25) is 0 Å². The van der Waals surface area contributed by atoms with Crippen LogP contribution in [0, 0.1) is 5.92 Å². The molecule has 1 saturated heterocycles. The predicted octanol–water partition coefficient (Wildman–Crippen LogP) is 4.59. The number of hydrogen-bond acceptors (Lipinski definition) is 5. The summed E-state index contributed by atoms with van der Waals surface area (Å²) in [5.41, 5.74) is 4.29. The minimum absolute atomic E-state index is 0.0100. The van der Waals surface area contributed by atoms with Crippen LogP contribution in [0.1, 0.15) is 69.0 Å². The average Bonchev–Trinajstić information content (AvgIpc) is 3.57. The molecule has 2 N–H and O–H groups in total. The van der Waals surface area contributed by atoms with Gasteiger partial charge in [-0.05, 0) is 64.3 Å². The van der Waals surface area contributed by atoms with Crippen LogP contribution in [0.4, 0.5) is 0 Å². The van der Waals surface area contributed by atoms with Gasteiger partial charge in [0.15, 0.2) is 0 Å². The second kappa shape index (κ2) is 12.1. The Hall–Kier alpha value is -3.19. The molecule has 4 aliphatic rings. The van der Waals surface area contributed by atoms with Gasteiger partial charge < -0.3 is 20.3 Å². The van der Waals surface area contributed by atoms with Crippen molar-refractivity contribution < 1.29 is 14.3 Å². The van der Waals surface area contributed by atoms with Crippen molar-refractivity contribution in [2.75, 3.05) is 13.6 Å². The lowest BCUT2D eigenvalue weighted by Gasteiger charge is -2.28. The normalized spacial score (nSPS) is 28.9. The molecule has 2 aliphatic heterocycles. The third-order valence-corrected chi connectivity index (χ3v) is 9.03. The van der Waals surface area contributed by atoms with Gasteiger partial charge in [-0.3, -0.25) is 14.6 Å². The first-order valence-corrected chi connectivity index (χ1v) is 15.3. The summed E-state index contributed by atoms with van der Waals surface area (Å²) in [4.78, 5) is 34.2. The third kappa shape index (κ3) is 5.95. The van der Waals surface area contributed by atoms with Gasteiger partial charge in [0.25, 0.3) is 0 Å². The molecule has 0 spiro atoms. The monoisotopic (exact) mass is 542 g/mol. The first kappa shape index (κ1) is 27.0. The fourth-order valence-electron chi connectivity index (χ4n) is 6.61. The summed E-state index contributed by atoms with van der Waals surface area (Å²) in [6, 6.07) is 11.7. The second-order valence-corrected chi connectivity index (χ2v) is 11.9. The number of rotatable bonds is 4. The van der Waals surface area contributed by atoms with Crippen LogP contribution in [-0.4, -0.2) is 59.5 Å². The summed E-state index contributed by atoms with van der Waals surface area (Å²) in [6.45, 7) is 0.418. The number of carbonyl (C=O) groups is 2. The standard InChI is InChI=1S/C33H42N4O3/c1-34-27-17-9-4-2-3-6-14-23-18-28(23)36-32(38)30-19-24(21-37(30)33(27)39)40-31-20-29(22-12-7-5-8-13-22)35-26-16-11-10-15-25(26)31/h5-8,12-14,20,23-24,27-28,30,34H,2-4,9-11,15-19,21H2,1H3,(H,36,38). The molecule has 0 radical (unpaired) electrons. The molecule has 7 nitrogen and oxygen atoms in total. The molecule has 0 bridgehead atoms. The van der Waals surface area contributed by atoms with E-state index in [0.29, 0.717) is 18.9 Å². The van der Waals surface area contributed by atoms with Crippen LogP contribution in [0.15, 0.2) is 48.6 Å². The number of nitrogens with one attached hydrogen (secondary N) is 2. The van der Waals surface area contributed by atoms with E-state index in [-0.39, 0.29) is 30.0 Å². The molecule has 7 heteroatoms. The topological polar surface area (TPSA) is 83.6 Å². The number of hydrogen-bond donors (Lipinski definition) is 2. The number of benzene rings is 1. The van der Waals surface area contributed by atoms with Crippen molar-refractivity contribution in [3.8, 4) is 17.0 Å². The lowest BCUT2D eigenvalue weighted by atomic mass is 9.94. The maximum absolute atomic E-state index is 13.8. The van der Waals surface area contributed by atoms with Gasteiger partial charge in [0.2, 0.25) is 11.8 Å². The highest BCUT2D eigenvalue weighted by atomic mass is 16.5. The number of nitrogens with zero attached hydrogens (tertiary/aromatic N) is 2. The third-order valence-electron chi connectivity index (χ3n) is 9.03. The molecule has 3 heterocycles. The Morgan fingerprint density at radius 2 is 1.88 bits per heavy atom. The van der Waals surface area contributed by atoms with E-state index in [0.717, 1.165) is 86.9 Å². The van der Waals surface area contributed by atoms with Crippen LogP contribution in [-0.2, 0) is 22.4 Å². The first-order valence-electron chi connectivity index (χ1n) is 15.3. The van der Waals surface area contributed by atoms with Gasteiger partial charge in [-0.2, -0.15) is 0 Å². The largest absolute Gasteiger partial charge is 0.488 e. The quantitative estimate of drug-likeness (QED) is 0.553. The van der Waals surface area contributed by atoms with Crippen molar-refractivity contribution >= 4 is 11.8 Å². The molecule has 5 atom stereocenters. The van der Waals surface area contributed by atoms with E-state index in [1.807, 2.05) is 25.2 Å². The summed E-state index contributed by atoms with van der Waals surface area (Å²) < 4.78 is 6.74. The lowest BCUT2D eigenvalue weighted by Crippen LogP contribution is -2.52. The molecule has 1 aromatic carbocycles. The van der Waals surface area contributed by atoms with Gasteiger partial charge >= 0.3 is 0 Å². The van der Waals surface area contributed by atoms with E-state index in [4.69, 9.17) is 9.72 Å². The van der Waals surface area contributed by atoms with E-state index in [1.165, 1.54) is 5.56 Å². The van der Waals surface area contributed by atoms with Crippen LogP contribution in [0.5, 0.6) is 5.75 Å². The molecule has 2 amide bonds. The molecule has 1 saturated carbocycles. The van der Waals surface area contributed by atoms with Crippen molar-refractivity contribution in [3.05, 3.63) is 59.8 Å². The molecule has 2 aromatic rings. The minimum Gasteiger partial charge on any atom is -0.488 e. The zero-order chi connectivity index (χ0) is 27.5. The second-order valence-electron chi connectivity index (χ2n) is 11.9. The van der Waals surface area contributed by atoms with Gasteiger partial charge in [-0.15, -0.1) is 0 Å². The zero-order valence-electron chi connectivity index (χ0n) is 23.6. The highest BCUT2D eigenvalue weighted by Crippen LogP contribution is 2.36. The van der Waals surface area contributed by atoms with E-state index in [1.54, 1.807) is 4.90 Å². The van der Waals surface area contributed by atoms with Crippen molar-refractivity contribution in [2.24, 2.45) is 5.92 Å². The Morgan fingerprint density at radius 3 is 2.73 bits per heavy atom. The molecule has 5 unspecified atom stereocenters. The number of pyridine rings is 1. The Kier molecular flexibility index (Phi) is 8.19. The van der Waals surface area contributed by atoms with E-state index >= 15 is 0 Å². The zero-order valence-corrected chi connectivity index (χ0v) is 23.6. The highest BCUT2D eigenvalue weighted by molar-refractivity contribution is 5.91. The van der Waals surface area contributed by atoms with Crippen molar-refractivity contribution in [3.63, 3.8) is 0 Å². The van der Waals surface area contributed by atoms with E-state index in [9.17, 15) is 9.59 Å². The van der Waals surface area contributed by atoms with Crippen LogP contribution >= 0.6 is 0 Å². The van der Waals surface area contributed by atoms with Gasteiger partial charge in [0.1, 0.15) is 17.9 Å². The average molecular weight is 543 g/mol. The van der Waals surface area contributed by atoms with E-state index < -0.39 is 6.04 Å². The Bertz CT molecular complexity index is 1250. The number of likely N-dealkylation sites (N-methyl/N-ethyl adjacent to an activating group) is 1. The molecule has 40 heavy (non-hydrogen) atoms. The fourth-order valence-corrected chi connectivity index (χ4v) is 6.61. The lowest BCUT2D eigenvalue weighted by molar-refractivity contribution is -0.140. The first-order chi connectivity index (χ1) is 19.6. The van der Waals surface area contributed by atoms with Crippen molar-refractivity contribution in [2.45, 2.75) is 94.9 Å². The van der Waals surface area contributed by atoms with Gasteiger partial charge in [0.05, 0.1) is 18.3 Å². The number of fused-ring (bicyclic) bond motifs is 3. The number of aromatic nitrogens is 1. The maximum atomic E-state index is 13.8. The predicted molar refractivity (Wildman–Crippen MR) is 156 cm³/mol. The van der Waals surface area contributed by atoms with Gasteiger partial charge in [-0.1, -0.05) is 55.3 Å². The molecule has 212 valence electrons. The fraction of sp³-hybridized carbons (Fsp3) is 0.545. The van der Waals surface area contributed by atoms with Crippen LogP contribution in [0.3, 0.4) is 0 Å². The smallest absolute Gasteiger partial charge is 0.243 e. The van der Waals surface area contributed by atoms with Gasteiger partial charge in [0, 0.05) is 35.3 Å². The van der Waals surface area contributed by atoms with Crippen molar-refractivity contribution in [1.82, 2.24) is 20.5 Å². The molecule has 6 rings (SSSR count). The highest BCUT2D eigenvalue weighted by Gasteiger charge is 2.45. The van der Waals surface area contributed by atoms with Crippen LogP contribution in [0.25, 0.3) is 11.3 Å². The summed E-state index contributed by atoms with van der Waals surface area (Å²) in [5.74, 6) is 1.24. The summed E-state index contributed by atoms with van der Waals surface area (Å²) in [7, 11) is 1.85. The van der Waals surface area contributed by atoms with Gasteiger partial charge in [-0.25, -0.2) is 0 Å². The minimum atomic E-state index is -0.519. The molecule has 2 fully saturated rings. The Morgan fingerprint density at radius 1 is 1.02 bits per heavy atom. The van der Waals surface area contributed by atoms with Crippen LogP contribution < -0.4 is 15.4 Å². The summed E-state index contributed by atoms with van der Waals surface area (Å²) in [5, 5.41) is 6.48. The maximum Gasteiger partial charge on any atom is 0.243 e. The number of amides is 2. The molecule has 1 aromatic heterocycles. The molecule has 2 aliphatic carbocycles. The number of ether oxygens (including phenoxy) is 1. The molecular formula is C33H42N4O3. The summed E-state index contributed by atoms with van der Waals surface area (Å²) >= 11 is 0. The SMILES string of the molecule is CNC1CCCCCC=CC2CC2NC(=O)C2CC(Oc3cc(-c4ccccc4)nc4c3CCCC4)CN2C1=O. The summed E-state index contributed by atoms with van der Waals surface area (Å²) in [6.07, 6.45) is 15.0. The number of allylic oxidation sites excluding steroid dienone is 1.